The van der Waals surface area contributed by atoms with E-state index in [4.69, 9.17) is 20.3 Å². The lowest BCUT2D eigenvalue weighted by Gasteiger charge is -2.14. The summed E-state index contributed by atoms with van der Waals surface area (Å²) in [5.41, 5.74) is 11.8. The molecule has 1 aromatic heterocycles. The molecule has 2 heterocycles. The van der Waals surface area contributed by atoms with Gasteiger partial charge in [0.15, 0.2) is 17.2 Å². The van der Waals surface area contributed by atoms with Gasteiger partial charge in [-0.15, -0.1) is 0 Å². The molecule has 2 aromatic carbocycles. The molecule has 29 heavy (non-hydrogen) atoms. The molecule has 0 radical (unpaired) electrons. The van der Waals surface area contributed by atoms with E-state index in [0.717, 1.165) is 42.6 Å². The first-order valence-corrected chi connectivity index (χ1v) is 9.78. The SMILES string of the molecule is Cc1ccc(-n2nc(C(=O)Nc3cc4c(cc3N)OCO4)c3c2CCCC3)cc1. The van der Waals surface area contributed by atoms with Gasteiger partial charge in [-0.05, 0) is 44.7 Å². The van der Waals surface area contributed by atoms with Crippen LogP contribution in [0.5, 0.6) is 11.5 Å². The van der Waals surface area contributed by atoms with E-state index in [9.17, 15) is 4.79 Å². The Morgan fingerprint density at radius 1 is 1.10 bits per heavy atom. The second kappa shape index (κ2) is 6.84. The van der Waals surface area contributed by atoms with Crippen molar-refractivity contribution in [2.45, 2.75) is 32.6 Å². The number of anilines is 2. The van der Waals surface area contributed by atoms with Gasteiger partial charge in [-0.2, -0.15) is 5.10 Å². The number of nitrogens with one attached hydrogen (secondary N) is 1. The van der Waals surface area contributed by atoms with E-state index in [1.807, 2.05) is 16.8 Å². The fourth-order valence-electron chi connectivity index (χ4n) is 3.93. The number of benzene rings is 2. The maximum absolute atomic E-state index is 13.1. The second-order valence-electron chi connectivity index (χ2n) is 7.48. The van der Waals surface area contributed by atoms with E-state index in [1.54, 1.807) is 12.1 Å². The minimum absolute atomic E-state index is 0.153. The zero-order valence-corrected chi connectivity index (χ0v) is 16.2. The first-order chi connectivity index (χ1) is 14.1. The molecule has 0 unspecified atom stereocenters. The van der Waals surface area contributed by atoms with E-state index in [-0.39, 0.29) is 12.7 Å². The third-order valence-electron chi connectivity index (χ3n) is 5.47. The third kappa shape index (κ3) is 3.08. The standard InChI is InChI=1S/C22H22N4O3/c1-13-6-8-14(9-7-13)26-18-5-3-2-4-15(18)21(25-26)22(27)24-17-11-20-19(10-16(17)23)28-12-29-20/h6-11H,2-5,12,23H2,1H3,(H,24,27). The van der Waals surface area contributed by atoms with E-state index in [1.165, 1.54) is 5.56 Å². The number of nitrogens with zero attached hydrogens (tertiary/aromatic N) is 2. The number of aromatic nitrogens is 2. The van der Waals surface area contributed by atoms with Crippen molar-refractivity contribution in [3.8, 4) is 17.2 Å². The number of nitrogen functional groups attached to an aromatic ring is 1. The lowest BCUT2D eigenvalue weighted by Crippen LogP contribution is -2.16. The van der Waals surface area contributed by atoms with Crippen LogP contribution in [0.3, 0.4) is 0 Å². The van der Waals surface area contributed by atoms with E-state index in [0.29, 0.717) is 28.6 Å². The summed E-state index contributed by atoms with van der Waals surface area (Å²) in [6.07, 6.45) is 3.91. The fraction of sp³-hybridized carbons (Fsp3) is 0.273. The van der Waals surface area contributed by atoms with Crippen molar-refractivity contribution in [1.82, 2.24) is 9.78 Å². The highest BCUT2D eigenvalue weighted by molar-refractivity contribution is 6.06. The predicted molar refractivity (Wildman–Crippen MR) is 110 cm³/mol. The van der Waals surface area contributed by atoms with Crippen LogP contribution in [0.15, 0.2) is 36.4 Å². The minimum atomic E-state index is -0.264. The topological polar surface area (TPSA) is 91.4 Å². The van der Waals surface area contributed by atoms with Crippen molar-refractivity contribution in [3.63, 3.8) is 0 Å². The highest BCUT2D eigenvalue weighted by Gasteiger charge is 2.26. The molecule has 3 aromatic rings. The first-order valence-electron chi connectivity index (χ1n) is 9.78. The summed E-state index contributed by atoms with van der Waals surface area (Å²) in [6, 6.07) is 11.5. The normalized spacial score (nSPS) is 14.5. The molecular weight excluding hydrogens is 368 g/mol. The number of carbonyl (C=O) groups is 1. The second-order valence-corrected chi connectivity index (χ2v) is 7.48. The fourth-order valence-corrected chi connectivity index (χ4v) is 3.93. The van der Waals surface area contributed by atoms with Gasteiger partial charge in [0.05, 0.1) is 17.1 Å². The molecular formula is C22H22N4O3. The number of carbonyl (C=O) groups excluding carboxylic acids is 1. The lowest BCUT2D eigenvalue weighted by molar-refractivity contribution is 0.102. The smallest absolute Gasteiger partial charge is 0.276 e. The minimum Gasteiger partial charge on any atom is -0.454 e. The largest absolute Gasteiger partial charge is 0.454 e. The maximum atomic E-state index is 13.1. The van der Waals surface area contributed by atoms with Crippen LogP contribution in [0, 0.1) is 6.92 Å². The Morgan fingerprint density at radius 2 is 1.83 bits per heavy atom. The van der Waals surface area contributed by atoms with E-state index >= 15 is 0 Å². The van der Waals surface area contributed by atoms with Crippen molar-refractivity contribution in [2.75, 3.05) is 17.8 Å². The molecule has 3 N–H and O–H groups in total. The summed E-state index contributed by atoms with van der Waals surface area (Å²) in [4.78, 5) is 13.1. The third-order valence-corrected chi connectivity index (χ3v) is 5.47. The van der Waals surface area contributed by atoms with Gasteiger partial charge in [-0.1, -0.05) is 17.7 Å². The van der Waals surface area contributed by atoms with Crippen LogP contribution in [0.2, 0.25) is 0 Å². The van der Waals surface area contributed by atoms with Crippen LogP contribution in [-0.4, -0.2) is 22.5 Å². The van der Waals surface area contributed by atoms with Crippen LogP contribution in [0.1, 0.15) is 40.2 Å². The monoisotopic (exact) mass is 390 g/mol. The van der Waals surface area contributed by atoms with Gasteiger partial charge < -0.3 is 20.5 Å². The quantitative estimate of drug-likeness (QED) is 0.667. The molecule has 1 amide bonds. The van der Waals surface area contributed by atoms with Gasteiger partial charge in [0.25, 0.3) is 5.91 Å². The lowest BCUT2D eigenvalue weighted by atomic mass is 9.95. The Hall–Kier alpha value is -3.48. The van der Waals surface area contributed by atoms with Crippen molar-refractivity contribution in [2.24, 2.45) is 0 Å². The van der Waals surface area contributed by atoms with E-state index in [2.05, 4.69) is 24.4 Å². The zero-order valence-electron chi connectivity index (χ0n) is 16.2. The molecule has 7 heteroatoms. The van der Waals surface area contributed by atoms with Gasteiger partial charge >= 0.3 is 0 Å². The molecule has 0 fully saturated rings. The van der Waals surface area contributed by atoms with Crippen LogP contribution in [0.4, 0.5) is 11.4 Å². The molecule has 0 saturated carbocycles. The van der Waals surface area contributed by atoms with Crippen molar-refractivity contribution >= 4 is 17.3 Å². The highest BCUT2D eigenvalue weighted by Crippen LogP contribution is 2.38. The number of hydrogen-bond acceptors (Lipinski definition) is 5. The van der Waals surface area contributed by atoms with Crippen LogP contribution < -0.4 is 20.5 Å². The van der Waals surface area contributed by atoms with E-state index < -0.39 is 0 Å². The molecule has 1 aliphatic carbocycles. The molecule has 0 atom stereocenters. The van der Waals surface area contributed by atoms with Gasteiger partial charge in [0.2, 0.25) is 6.79 Å². The molecule has 2 aliphatic rings. The van der Waals surface area contributed by atoms with Gasteiger partial charge in [0.1, 0.15) is 0 Å². The van der Waals surface area contributed by atoms with Crippen LogP contribution >= 0.6 is 0 Å². The molecule has 0 spiro atoms. The van der Waals surface area contributed by atoms with Crippen molar-refractivity contribution in [1.29, 1.82) is 0 Å². The Labute approximate surface area is 168 Å². The molecule has 1 aliphatic heterocycles. The number of rotatable bonds is 3. The highest BCUT2D eigenvalue weighted by atomic mass is 16.7. The Balaban J connectivity index is 1.51. The molecule has 0 bridgehead atoms. The van der Waals surface area contributed by atoms with Crippen molar-refractivity contribution in [3.05, 3.63) is 58.9 Å². The zero-order chi connectivity index (χ0) is 20.0. The number of amides is 1. The Bertz CT molecular complexity index is 1100. The van der Waals surface area contributed by atoms with Crippen LogP contribution in [-0.2, 0) is 12.8 Å². The van der Waals surface area contributed by atoms with Gasteiger partial charge in [-0.25, -0.2) is 4.68 Å². The van der Waals surface area contributed by atoms with Gasteiger partial charge in [-0.3, -0.25) is 4.79 Å². The number of aryl methyl sites for hydroxylation is 1. The molecule has 5 rings (SSSR count). The number of nitrogens with two attached hydrogens (primary N) is 1. The number of hydrogen-bond donors (Lipinski definition) is 2. The average molecular weight is 390 g/mol. The average Bonchev–Trinajstić information content (AvgIpc) is 3.33. The summed E-state index contributed by atoms with van der Waals surface area (Å²) in [5.74, 6) is 0.891. The summed E-state index contributed by atoms with van der Waals surface area (Å²) < 4.78 is 12.6. The summed E-state index contributed by atoms with van der Waals surface area (Å²) in [5, 5.41) is 7.60. The summed E-state index contributed by atoms with van der Waals surface area (Å²) >= 11 is 0. The Kier molecular flexibility index (Phi) is 4.16. The van der Waals surface area contributed by atoms with Crippen LogP contribution in [0.25, 0.3) is 5.69 Å². The maximum Gasteiger partial charge on any atom is 0.276 e. The predicted octanol–water partition coefficient (Wildman–Crippen LogP) is 3.62. The molecule has 148 valence electrons. The Morgan fingerprint density at radius 3 is 2.62 bits per heavy atom. The number of ether oxygens (including phenoxy) is 2. The summed E-state index contributed by atoms with van der Waals surface area (Å²) in [6.45, 7) is 2.21. The molecule has 7 nitrogen and oxygen atoms in total. The molecule has 0 saturated heterocycles. The summed E-state index contributed by atoms with van der Waals surface area (Å²) in [7, 11) is 0. The van der Waals surface area contributed by atoms with Gasteiger partial charge in [0, 0.05) is 23.4 Å². The number of fused-ring (bicyclic) bond motifs is 2. The van der Waals surface area contributed by atoms with Crippen molar-refractivity contribution < 1.29 is 14.3 Å². The first kappa shape index (κ1) is 17.6.